The van der Waals surface area contributed by atoms with Crippen molar-refractivity contribution in [2.24, 2.45) is 0 Å². The molecule has 1 N–H and O–H groups in total. The molecule has 0 aromatic carbocycles. The molecule has 7 nitrogen and oxygen atoms in total. The number of carbonyl (C=O) groups is 2. The maximum Gasteiger partial charge on any atom is 0.426 e. The maximum atomic E-state index is 13.3. The molecule has 29 heavy (non-hydrogen) atoms. The fourth-order valence-corrected chi connectivity index (χ4v) is 5.50. The summed E-state index contributed by atoms with van der Waals surface area (Å²) in [5, 5.41) is 7.37. The Labute approximate surface area is 176 Å². The third-order valence-electron chi connectivity index (χ3n) is 6.22. The maximum absolute atomic E-state index is 13.3. The largest absolute Gasteiger partial charge is 0.426 e. The number of hydrogen-bond donors (Lipinski definition) is 1. The Morgan fingerprint density at radius 3 is 2.48 bits per heavy atom. The molecule has 8 heteroatoms. The summed E-state index contributed by atoms with van der Waals surface area (Å²) in [4.78, 5) is 37.1. The highest BCUT2D eigenvalue weighted by Gasteiger charge is 2.39. The molecule has 1 aliphatic heterocycles. The van der Waals surface area contributed by atoms with Gasteiger partial charge in [-0.25, -0.2) is 9.78 Å². The molecule has 3 fully saturated rings. The highest BCUT2D eigenvalue weighted by molar-refractivity contribution is 7.09. The Balaban J connectivity index is 1.34. The van der Waals surface area contributed by atoms with E-state index in [0.29, 0.717) is 43.3 Å². The number of hydrogen-bond acceptors (Lipinski definition) is 6. The van der Waals surface area contributed by atoms with Crippen molar-refractivity contribution >= 4 is 23.3 Å². The first-order valence-corrected chi connectivity index (χ1v) is 12.0. The number of hydroxylamine groups is 2. The van der Waals surface area contributed by atoms with E-state index in [2.05, 4.69) is 10.2 Å². The number of amides is 2. The number of rotatable bonds is 6. The van der Waals surface area contributed by atoms with Crippen LogP contribution in [0.5, 0.6) is 0 Å². The molecule has 4 rings (SSSR count). The molecule has 3 aliphatic rings. The molecule has 1 aromatic rings. The first kappa shape index (κ1) is 20.6. The van der Waals surface area contributed by atoms with Crippen LogP contribution in [0.1, 0.15) is 86.1 Å². The van der Waals surface area contributed by atoms with Gasteiger partial charge in [-0.3, -0.25) is 4.79 Å². The number of piperidine rings is 1. The zero-order chi connectivity index (χ0) is 20.2. The van der Waals surface area contributed by atoms with E-state index >= 15 is 0 Å². The molecule has 1 saturated heterocycles. The molecular formula is C21H32N4O3S. The zero-order valence-electron chi connectivity index (χ0n) is 17.3. The second-order valence-corrected chi connectivity index (χ2v) is 9.31. The van der Waals surface area contributed by atoms with Crippen LogP contribution in [0.15, 0.2) is 5.38 Å². The van der Waals surface area contributed by atoms with E-state index in [1.165, 1.54) is 19.3 Å². The average molecular weight is 421 g/mol. The molecule has 2 amide bonds. The van der Waals surface area contributed by atoms with Crippen molar-refractivity contribution in [2.45, 2.75) is 82.7 Å². The zero-order valence-corrected chi connectivity index (χ0v) is 18.1. The van der Waals surface area contributed by atoms with Crippen molar-refractivity contribution in [1.29, 1.82) is 0 Å². The molecule has 1 aromatic heterocycles. The van der Waals surface area contributed by atoms with E-state index < -0.39 is 6.09 Å². The second-order valence-electron chi connectivity index (χ2n) is 8.42. The summed E-state index contributed by atoms with van der Waals surface area (Å²) >= 11 is 1.61. The van der Waals surface area contributed by atoms with Crippen molar-refractivity contribution < 1.29 is 14.4 Å². The first-order chi connectivity index (χ1) is 14.2. The molecular weight excluding hydrogens is 388 g/mol. The van der Waals surface area contributed by atoms with E-state index in [-0.39, 0.29) is 5.91 Å². The van der Waals surface area contributed by atoms with Crippen molar-refractivity contribution in [3.63, 3.8) is 0 Å². The van der Waals surface area contributed by atoms with Gasteiger partial charge in [0.15, 0.2) is 0 Å². The van der Waals surface area contributed by atoms with Gasteiger partial charge in [-0.05, 0) is 45.4 Å². The second kappa shape index (κ2) is 9.43. The average Bonchev–Trinajstić information content (AvgIpc) is 3.44. The Morgan fingerprint density at radius 2 is 1.83 bits per heavy atom. The fraction of sp³-hybridized carbons (Fsp3) is 0.762. The summed E-state index contributed by atoms with van der Waals surface area (Å²) in [5.41, 5.74) is 0.628. The van der Waals surface area contributed by atoms with E-state index in [1.807, 2.05) is 12.3 Å². The van der Waals surface area contributed by atoms with E-state index in [1.54, 1.807) is 16.4 Å². The van der Waals surface area contributed by atoms with Crippen LogP contribution < -0.4 is 5.32 Å². The minimum atomic E-state index is -0.393. The van der Waals surface area contributed by atoms with Crippen LogP contribution in [0.3, 0.4) is 0 Å². The van der Waals surface area contributed by atoms with Crippen LogP contribution in [0.2, 0.25) is 0 Å². The van der Waals surface area contributed by atoms with Crippen molar-refractivity contribution in [3.05, 3.63) is 16.1 Å². The lowest BCUT2D eigenvalue weighted by Gasteiger charge is -2.34. The van der Waals surface area contributed by atoms with Gasteiger partial charge >= 0.3 is 6.09 Å². The molecule has 2 heterocycles. The van der Waals surface area contributed by atoms with Crippen molar-refractivity contribution in [2.75, 3.05) is 19.6 Å². The summed E-state index contributed by atoms with van der Waals surface area (Å²) in [6.07, 6.45) is 9.72. The van der Waals surface area contributed by atoms with Gasteiger partial charge in [0.2, 0.25) is 0 Å². The van der Waals surface area contributed by atoms with Crippen molar-refractivity contribution in [3.8, 4) is 0 Å². The lowest BCUT2D eigenvalue weighted by Crippen LogP contribution is -2.43. The molecule has 0 unspecified atom stereocenters. The van der Waals surface area contributed by atoms with Crippen LogP contribution in [-0.2, 0) is 4.84 Å². The summed E-state index contributed by atoms with van der Waals surface area (Å²) in [5.74, 6) is 0.471. The predicted octanol–water partition coefficient (Wildman–Crippen LogP) is 3.92. The number of thiazole rings is 1. The smallest absolute Gasteiger partial charge is 0.351 e. The minimum Gasteiger partial charge on any atom is -0.351 e. The molecule has 0 spiro atoms. The SMILES string of the molecule is CCNC(=O)ON1CCC(c2nc(C(=O)N(C3CCCCC3)C3CC3)cs2)CC1. The predicted molar refractivity (Wildman–Crippen MR) is 112 cm³/mol. The Hall–Kier alpha value is -1.67. The fourth-order valence-electron chi connectivity index (χ4n) is 4.54. The molecule has 0 radical (unpaired) electrons. The highest BCUT2D eigenvalue weighted by Crippen LogP contribution is 2.36. The van der Waals surface area contributed by atoms with Gasteiger partial charge in [0.1, 0.15) is 5.69 Å². The topological polar surface area (TPSA) is 74.8 Å². The molecule has 0 atom stereocenters. The standard InChI is InChI=1S/C21H32N4O3S/c1-2-22-21(27)28-24-12-10-15(11-13-24)19-23-18(14-29-19)20(26)25(17-8-9-17)16-6-4-3-5-7-16/h14-17H,2-13H2,1H3,(H,22,27). The summed E-state index contributed by atoms with van der Waals surface area (Å²) < 4.78 is 0. The number of aromatic nitrogens is 1. The third-order valence-corrected chi connectivity index (χ3v) is 7.23. The van der Waals surface area contributed by atoms with Gasteiger partial charge in [-0.1, -0.05) is 19.3 Å². The number of carbonyl (C=O) groups excluding carboxylic acids is 2. The lowest BCUT2D eigenvalue weighted by atomic mass is 9.94. The van der Waals surface area contributed by atoms with E-state index in [9.17, 15) is 9.59 Å². The van der Waals surface area contributed by atoms with E-state index in [4.69, 9.17) is 9.82 Å². The van der Waals surface area contributed by atoms with Crippen LogP contribution in [0.25, 0.3) is 0 Å². The summed E-state index contributed by atoms with van der Waals surface area (Å²) in [6.45, 7) is 3.82. The van der Waals surface area contributed by atoms with Crippen LogP contribution in [-0.4, -0.2) is 58.7 Å². The van der Waals surface area contributed by atoms with Gasteiger partial charge in [0, 0.05) is 43.0 Å². The molecule has 160 valence electrons. The molecule has 2 aliphatic carbocycles. The van der Waals surface area contributed by atoms with Gasteiger partial charge in [-0.15, -0.1) is 16.4 Å². The quantitative estimate of drug-likeness (QED) is 0.755. The Kier molecular flexibility index (Phi) is 6.70. The summed E-state index contributed by atoms with van der Waals surface area (Å²) in [6, 6.07) is 0.842. The lowest BCUT2D eigenvalue weighted by molar-refractivity contribution is -0.113. The Morgan fingerprint density at radius 1 is 1.14 bits per heavy atom. The van der Waals surface area contributed by atoms with Gasteiger partial charge in [0.05, 0.1) is 5.01 Å². The number of nitrogens with zero attached hydrogens (tertiary/aromatic N) is 3. The van der Waals surface area contributed by atoms with Gasteiger partial charge < -0.3 is 15.1 Å². The Bertz CT molecular complexity index is 707. The minimum absolute atomic E-state index is 0.138. The van der Waals surface area contributed by atoms with Crippen LogP contribution in [0, 0.1) is 0 Å². The highest BCUT2D eigenvalue weighted by atomic mass is 32.1. The van der Waals surface area contributed by atoms with Crippen LogP contribution in [0.4, 0.5) is 4.79 Å². The monoisotopic (exact) mass is 420 g/mol. The molecule has 0 bridgehead atoms. The molecule has 2 saturated carbocycles. The summed E-state index contributed by atoms with van der Waals surface area (Å²) in [7, 11) is 0. The van der Waals surface area contributed by atoms with Gasteiger partial charge in [0.25, 0.3) is 5.91 Å². The van der Waals surface area contributed by atoms with Crippen LogP contribution >= 0.6 is 11.3 Å². The normalized spacial score (nSPS) is 21.7. The third kappa shape index (κ3) is 5.09. The number of nitrogens with one attached hydrogen (secondary N) is 1. The van der Waals surface area contributed by atoms with Gasteiger partial charge in [-0.2, -0.15) is 0 Å². The first-order valence-electron chi connectivity index (χ1n) is 11.1. The van der Waals surface area contributed by atoms with E-state index in [0.717, 1.165) is 43.5 Å². The van der Waals surface area contributed by atoms with Crippen molar-refractivity contribution in [1.82, 2.24) is 20.3 Å².